The third-order valence-corrected chi connectivity index (χ3v) is 21.0. The molecular formula is C80H156O17P2. The third kappa shape index (κ3) is 72.8. The number of hydrogen-bond acceptors (Lipinski definition) is 15. The summed E-state index contributed by atoms with van der Waals surface area (Å²) in [7, 11) is -9.92. The van der Waals surface area contributed by atoms with Crippen molar-refractivity contribution in [2.75, 3.05) is 39.6 Å². The molecule has 588 valence electrons. The van der Waals surface area contributed by atoms with Crippen LogP contribution in [0, 0.1) is 5.92 Å². The summed E-state index contributed by atoms with van der Waals surface area (Å²) in [5.74, 6) is -1.33. The van der Waals surface area contributed by atoms with Crippen molar-refractivity contribution in [3.63, 3.8) is 0 Å². The quantitative estimate of drug-likeness (QED) is 0.0222. The molecule has 19 heteroatoms. The second-order valence-electron chi connectivity index (χ2n) is 29.1. The molecule has 0 rings (SSSR count). The molecule has 3 unspecified atom stereocenters. The van der Waals surface area contributed by atoms with E-state index >= 15 is 0 Å². The number of aliphatic hydroxyl groups excluding tert-OH is 1. The number of esters is 4. The highest BCUT2D eigenvalue weighted by molar-refractivity contribution is 7.47. The minimum absolute atomic E-state index is 0.108. The van der Waals surface area contributed by atoms with E-state index in [1.165, 1.54) is 250 Å². The number of hydrogen-bond donors (Lipinski definition) is 3. The van der Waals surface area contributed by atoms with Gasteiger partial charge in [-0.2, -0.15) is 0 Å². The zero-order chi connectivity index (χ0) is 72.7. The lowest BCUT2D eigenvalue weighted by Gasteiger charge is -2.21. The van der Waals surface area contributed by atoms with Gasteiger partial charge in [0.15, 0.2) is 12.2 Å². The second kappa shape index (κ2) is 73.0. The third-order valence-electron chi connectivity index (χ3n) is 19.1. The molecule has 0 radical (unpaired) electrons. The van der Waals surface area contributed by atoms with Crippen LogP contribution in [0.3, 0.4) is 0 Å². The highest BCUT2D eigenvalue weighted by Crippen LogP contribution is 2.45. The fraction of sp³-hybridized carbons (Fsp3) is 0.950. The van der Waals surface area contributed by atoms with Crippen LogP contribution < -0.4 is 0 Å². The Morgan fingerprint density at radius 3 is 0.717 bits per heavy atom. The predicted octanol–water partition coefficient (Wildman–Crippen LogP) is 24.0. The topological polar surface area (TPSA) is 237 Å². The van der Waals surface area contributed by atoms with Crippen molar-refractivity contribution < 1.29 is 80.2 Å². The summed E-state index contributed by atoms with van der Waals surface area (Å²) in [6.45, 7) is 7.33. The fourth-order valence-corrected chi connectivity index (χ4v) is 14.0. The maximum Gasteiger partial charge on any atom is 0.472 e. The average molecular weight is 1450 g/mol. The Morgan fingerprint density at radius 1 is 0.283 bits per heavy atom. The number of aliphatic hydroxyl groups is 1. The summed E-state index contributed by atoms with van der Waals surface area (Å²) in [5.41, 5.74) is 0. The van der Waals surface area contributed by atoms with Crippen LogP contribution in [0.2, 0.25) is 0 Å². The van der Waals surface area contributed by atoms with E-state index in [4.69, 9.17) is 37.0 Å². The van der Waals surface area contributed by atoms with Gasteiger partial charge < -0.3 is 33.8 Å². The molecule has 17 nitrogen and oxygen atoms in total. The zero-order valence-corrected chi connectivity index (χ0v) is 66.4. The molecule has 0 saturated heterocycles. The summed E-state index contributed by atoms with van der Waals surface area (Å²) in [6, 6.07) is 0. The van der Waals surface area contributed by atoms with Crippen LogP contribution in [0.5, 0.6) is 0 Å². The second-order valence-corrected chi connectivity index (χ2v) is 32.0. The van der Waals surface area contributed by atoms with Crippen molar-refractivity contribution in [2.24, 2.45) is 5.92 Å². The van der Waals surface area contributed by atoms with E-state index in [0.717, 1.165) is 95.8 Å². The van der Waals surface area contributed by atoms with Crippen molar-refractivity contribution in [2.45, 2.75) is 445 Å². The average Bonchev–Trinajstić information content (AvgIpc) is 1.20. The van der Waals surface area contributed by atoms with Crippen molar-refractivity contribution in [3.8, 4) is 0 Å². The molecule has 0 bridgehead atoms. The SMILES string of the molecule is CCCCCCCCCCCCCCCCCCCCCCCC(=O)O[C@H](COC(=O)CCCCCCCCCCCCCCC)COP(=O)(O)OC[C@@H](O)COP(=O)(O)OC[C@@H](COC(=O)CCCCCCCCCCC(C)CC)OC(=O)CCCCCCCCCCCCCCC. The molecule has 0 aliphatic carbocycles. The number of unbranched alkanes of at least 4 members (excludes halogenated alkanes) is 51. The van der Waals surface area contributed by atoms with E-state index in [2.05, 4.69) is 34.6 Å². The van der Waals surface area contributed by atoms with E-state index in [9.17, 15) is 43.2 Å². The minimum Gasteiger partial charge on any atom is -0.462 e. The Morgan fingerprint density at radius 2 is 0.485 bits per heavy atom. The largest absolute Gasteiger partial charge is 0.472 e. The monoisotopic (exact) mass is 1450 g/mol. The van der Waals surface area contributed by atoms with E-state index in [-0.39, 0.29) is 25.7 Å². The predicted molar refractivity (Wildman–Crippen MR) is 405 cm³/mol. The Bertz CT molecular complexity index is 1890. The smallest absolute Gasteiger partial charge is 0.462 e. The lowest BCUT2D eigenvalue weighted by atomic mass is 9.99. The molecule has 0 aliphatic rings. The van der Waals surface area contributed by atoms with Gasteiger partial charge in [-0.25, -0.2) is 9.13 Å². The van der Waals surface area contributed by atoms with Crippen LogP contribution >= 0.6 is 15.6 Å². The molecule has 0 aromatic carbocycles. The molecule has 0 heterocycles. The number of ether oxygens (including phenoxy) is 4. The Hall–Kier alpha value is -1.94. The summed E-state index contributed by atoms with van der Waals surface area (Å²) in [4.78, 5) is 73.0. The van der Waals surface area contributed by atoms with E-state index in [1.807, 2.05) is 0 Å². The first-order chi connectivity index (χ1) is 48.1. The minimum atomic E-state index is -4.96. The molecule has 6 atom stereocenters. The van der Waals surface area contributed by atoms with Crippen LogP contribution in [0.25, 0.3) is 0 Å². The summed E-state index contributed by atoms with van der Waals surface area (Å²) < 4.78 is 68.7. The maximum atomic E-state index is 13.1. The van der Waals surface area contributed by atoms with Crippen molar-refractivity contribution in [1.29, 1.82) is 0 Å². The van der Waals surface area contributed by atoms with E-state index in [0.29, 0.717) is 25.7 Å². The van der Waals surface area contributed by atoms with E-state index < -0.39 is 97.5 Å². The van der Waals surface area contributed by atoms with Crippen molar-refractivity contribution >= 4 is 39.5 Å². The first-order valence-electron chi connectivity index (χ1n) is 41.7. The number of carbonyl (C=O) groups excluding carboxylic acids is 4. The molecule has 0 aliphatic heterocycles. The number of phosphoric acid groups is 2. The first-order valence-corrected chi connectivity index (χ1v) is 44.7. The normalized spacial score (nSPS) is 14.1. The summed E-state index contributed by atoms with van der Waals surface area (Å²) >= 11 is 0. The first kappa shape index (κ1) is 97.1. The Labute approximate surface area is 607 Å². The molecule has 0 saturated carbocycles. The van der Waals surface area contributed by atoms with Crippen LogP contribution in [-0.2, 0) is 65.4 Å². The molecule has 99 heavy (non-hydrogen) atoms. The standard InChI is InChI=1S/C80H156O17P2/c1-6-10-13-16-19-22-25-28-29-30-31-32-33-34-35-38-41-44-51-56-61-66-80(85)96-75(69-90-77(82)63-58-53-48-42-39-36-26-23-20-17-14-11-7-2)71-94-98(86,87)92-67-74(81)68-93-99(88,89)95-72-76(70-91-78(83)64-59-54-49-46-45-47-52-57-62-73(5)9-4)97-79(84)65-60-55-50-43-40-37-27-24-21-18-15-12-8-3/h73-76,81H,6-72H2,1-5H3,(H,86,87)(H,88,89)/t73?,74-,75-,76-/m1/s1. The van der Waals surface area contributed by atoms with Gasteiger partial charge in [-0.3, -0.25) is 37.3 Å². The summed E-state index contributed by atoms with van der Waals surface area (Å²) in [6.07, 6.45) is 63.7. The van der Waals surface area contributed by atoms with Crippen LogP contribution in [-0.4, -0.2) is 96.7 Å². The highest BCUT2D eigenvalue weighted by atomic mass is 31.2. The van der Waals surface area contributed by atoms with Gasteiger partial charge in [0.1, 0.15) is 19.3 Å². The number of rotatable bonds is 80. The number of carbonyl (C=O) groups is 4. The van der Waals surface area contributed by atoms with Crippen molar-refractivity contribution in [1.82, 2.24) is 0 Å². The number of phosphoric ester groups is 2. The van der Waals surface area contributed by atoms with Gasteiger partial charge in [0.25, 0.3) is 0 Å². The molecule has 0 spiro atoms. The van der Waals surface area contributed by atoms with Gasteiger partial charge in [0.05, 0.1) is 26.4 Å². The molecular weight excluding hydrogens is 1290 g/mol. The van der Waals surface area contributed by atoms with Gasteiger partial charge in [0.2, 0.25) is 0 Å². The molecule has 0 amide bonds. The zero-order valence-electron chi connectivity index (χ0n) is 64.6. The van der Waals surface area contributed by atoms with E-state index in [1.54, 1.807) is 0 Å². The molecule has 0 aromatic heterocycles. The fourth-order valence-electron chi connectivity index (χ4n) is 12.4. The van der Waals surface area contributed by atoms with Gasteiger partial charge in [-0.15, -0.1) is 0 Å². The van der Waals surface area contributed by atoms with Gasteiger partial charge in [-0.1, -0.05) is 375 Å². The van der Waals surface area contributed by atoms with Gasteiger partial charge in [0, 0.05) is 25.7 Å². The lowest BCUT2D eigenvalue weighted by Crippen LogP contribution is -2.30. The van der Waals surface area contributed by atoms with Crippen LogP contribution in [0.4, 0.5) is 0 Å². The van der Waals surface area contributed by atoms with Gasteiger partial charge >= 0.3 is 39.5 Å². The van der Waals surface area contributed by atoms with Crippen molar-refractivity contribution in [3.05, 3.63) is 0 Å². The van der Waals surface area contributed by atoms with Crippen LogP contribution in [0.1, 0.15) is 426 Å². The van der Waals surface area contributed by atoms with Gasteiger partial charge in [-0.05, 0) is 31.6 Å². The Kier molecular flexibility index (Phi) is 71.6. The Balaban J connectivity index is 5.22. The summed E-state index contributed by atoms with van der Waals surface area (Å²) in [5, 5.41) is 10.6. The maximum absolute atomic E-state index is 13.1. The molecule has 0 aromatic rings. The highest BCUT2D eigenvalue weighted by Gasteiger charge is 2.30. The lowest BCUT2D eigenvalue weighted by molar-refractivity contribution is -0.161. The molecule has 3 N–H and O–H groups in total. The van der Waals surface area contributed by atoms with Crippen LogP contribution in [0.15, 0.2) is 0 Å². The molecule has 0 fully saturated rings.